The number of aromatic nitrogens is 3. The van der Waals surface area contributed by atoms with Crippen LogP contribution in [0.4, 0.5) is 0 Å². The van der Waals surface area contributed by atoms with Crippen molar-refractivity contribution in [3.63, 3.8) is 0 Å². The van der Waals surface area contributed by atoms with Crippen molar-refractivity contribution in [3.05, 3.63) is 74.5 Å². The van der Waals surface area contributed by atoms with E-state index in [0.29, 0.717) is 6.54 Å². The largest absolute Gasteiger partial charge is 0.298 e. The number of allylic oxidation sites excluding steroid dienone is 2. The summed E-state index contributed by atoms with van der Waals surface area (Å²) in [6.07, 6.45) is 10.6. The summed E-state index contributed by atoms with van der Waals surface area (Å²) in [5.74, 6) is 0. The van der Waals surface area contributed by atoms with Gasteiger partial charge in [0, 0.05) is 42.6 Å². The van der Waals surface area contributed by atoms with Crippen molar-refractivity contribution >= 4 is 11.6 Å². The summed E-state index contributed by atoms with van der Waals surface area (Å²) in [7, 11) is 0. The second-order valence-electron chi connectivity index (χ2n) is 6.69. The lowest BCUT2D eigenvalue weighted by atomic mass is 10.0. The number of nitrogens with one attached hydrogen (secondary N) is 1. The monoisotopic (exact) mass is 356 g/mol. The Balaban J connectivity index is 1.49. The van der Waals surface area contributed by atoms with Gasteiger partial charge in [-0.1, -0.05) is 17.7 Å². The van der Waals surface area contributed by atoms with Gasteiger partial charge >= 0.3 is 0 Å². The molecule has 2 aromatic heterocycles. The molecule has 2 aliphatic rings. The van der Waals surface area contributed by atoms with E-state index >= 15 is 0 Å². The molecule has 1 aliphatic heterocycles. The molecule has 4 rings (SSSR count). The zero-order chi connectivity index (χ0) is 17.2. The SMILES string of the molecule is O=c1c2c([nH]n1Cc1ccncc1)CN(CC1=CCCC(Cl)=C1)CC2. The Bertz CT molecular complexity index is 879. The molecule has 0 aromatic carbocycles. The Morgan fingerprint density at radius 3 is 2.84 bits per heavy atom. The Morgan fingerprint density at radius 2 is 2.04 bits per heavy atom. The maximum absolute atomic E-state index is 12.6. The minimum Gasteiger partial charge on any atom is -0.298 e. The molecule has 0 saturated heterocycles. The Morgan fingerprint density at radius 1 is 1.20 bits per heavy atom. The van der Waals surface area contributed by atoms with Crippen LogP contribution in [-0.2, 0) is 19.5 Å². The molecule has 1 N–H and O–H groups in total. The zero-order valence-corrected chi connectivity index (χ0v) is 14.8. The minimum absolute atomic E-state index is 0.103. The second kappa shape index (κ2) is 7.02. The molecule has 0 saturated carbocycles. The fourth-order valence-electron chi connectivity index (χ4n) is 3.55. The molecular formula is C19H21ClN4O. The fourth-order valence-corrected chi connectivity index (χ4v) is 3.80. The molecular weight excluding hydrogens is 336 g/mol. The Hall–Kier alpha value is -2.11. The van der Waals surface area contributed by atoms with Crippen molar-refractivity contribution in [2.24, 2.45) is 0 Å². The maximum Gasteiger partial charge on any atom is 0.270 e. The number of rotatable bonds is 4. The van der Waals surface area contributed by atoms with E-state index in [9.17, 15) is 4.79 Å². The van der Waals surface area contributed by atoms with E-state index in [2.05, 4.69) is 27.1 Å². The molecule has 3 heterocycles. The molecule has 0 radical (unpaired) electrons. The summed E-state index contributed by atoms with van der Waals surface area (Å²) in [4.78, 5) is 19.0. The summed E-state index contributed by atoms with van der Waals surface area (Å²) < 4.78 is 1.71. The van der Waals surface area contributed by atoms with Crippen molar-refractivity contribution in [1.29, 1.82) is 0 Å². The molecule has 0 bridgehead atoms. The number of aromatic amines is 1. The Kier molecular flexibility index (Phi) is 4.59. The van der Waals surface area contributed by atoms with E-state index in [0.717, 1.165) is 60.7 Å². The van der Waals surface area contributed by atoms with Gasteiger partial charge in [0.2, 0.25) is 0 Å². The number of hydrogen-bond donors (Lipinski definition) is 1. The summed E-state index contributed by atoms with van der Waals surface area (Å²) >= 11 is 6.16. The van der Waals surface area contributed by atoms with Gasteiger partial charge in [-0.15, -0.1) is 0 Å². The molecule has 2 aromatic rings. The molecule has 0 fully saturated rings. The number of halogens is 1. The van der Waals surface area contributed by atoms with Gasteiger partial charge in [0.15, 0.2) is 0 Å². The van der Waals surface area contributed by atoms with E-state index in [4.69, 9.17) is 11.6 Å². The highest BCUT2D eigenvalue weighted by Gasteiger charge is 2.23. The predicted octanol–water partition coefficient (Wildman–Crippen LogP) is 2.82. The standard InChI is InChI=1S/C19H21ClN4O/c20-16-3-1-2-15(10-16)11-23-9-6-17-18(13-23)22-24(19(17)25)12-14-4-7-21-8-5-14/h2,4-5,7-8,10,22H,1,3,6,9,11-13H2. The van der Waals surface area contributed by atoms with Crippen molar-refractivity contribution in [2.75, 3.05) is 13.1 Å². The van der Waals surface area contributed by atoms with Crippen LogP contribution in [0.1, 0.15) is 29.7 Å². The first kappa shape index (κ1) is 16.4. The van der Waals surface area contributed by atoms with E-state index in [1.165, 1.54) is 5.57 Å². The molecule has 25 heavy (non-hydrogen) atoms. The van der Waals surface area contributed by atoms with Gasteiger partial charge in [0.1, 0.15) is 0 Å². The van der Waals surface area contributed by atoms with Gasteiger partial charge in [-0.2, -0.15) is 0 Å². The lowest BCUT2D eigenvalue weighted by molar-refractivity contribution is 0.273. The maximum atomic E-state index is 12.6. The number of H-pyrrole nitrogens is 1. The van der Waals surface area contributed by atoms with Crippen LogP contribution in [0.15, 0.2) is 52.1 Å². The van der Waals surface area contributed by atoms with Crippen LogP contribution in [0.25, 0.3) is 0 Å². The van der Waals surface area contributed by atoms with Crippen molar-refractivity contribution < 1.29 is 0 Å². The smallest absolute Gasteiger partial charge is 0.270 e. The first-order valence-corrected chi connectivity index (χ1v) is 9.04. The summed E-state index contributed by atoms with van der Waals surface area (Å²) in [6.45, 7) is 3.11. The third-order valence-electron chi connectivity index (χ3n) is 4.83. The van der Waals surface area contributed by atoms with E-state index < -0.39 is 0 Å². The highest BCUT2D eigenvalue weighted by atomic mass is 35.5. The third kappa shape index (κ3) is 3.62. The van der Waals surface area contributed by atoms with Gasteiger partial charge in [0.05, 0.1) is 12.2 Å². The topological polar surface area (TPSA) is 53.9 Å². The van der Waals surface area contributed by atoms with Crippen LogP contribution in [0.3, 0.4) is 0 Å². The van der Waals surface area contributed by atoms with Crippen LogP contribution >= 0.6 is 11.6 Å². The van der Waals surface area contributed by atoms with Crippen molar-refractivity contribution in [3.8, 4) is 0 Å². The van der Waals surface area contributed by atoms with Crippen molar-refractivity contribution in [2.45, 2.75) is 32.4 Å². The average Bonchev–Trinajstić information content (AvgIpc) is 2.91. The van der Waals surface area contributed by atoms with Crippen LogP contribution in [0.2, 0.25) is 0 Å². The molecule has 1 aliphatic carbocycles. The van der Waals surface area contributed by atoms with Crippen LogP contribution in [0.5, 0.6) is 0 Å². The zero-order valence-electron chi connectivity index (χ0n) is 14.0. The van der Waals surface area contributed by atoms with E-state index in [1.54, 1.807) is 17.1 Å². The van der Waals surface area contributed by atoms with Gasteiger partial charge in [-0.05, 0) is 48.6 Å². The molecule has 0 atom stereocenters. The first-order chi connectivity index (χ1) is 12.2. The van der Waals surface area contributed by atoms with Crippen LogP contribution in [0, 0.1) is 0 Å². The van der Waals surface area contributed by atoms with E-state index in [-0.39, 0.29) is 5.56 Å². The number of nitrogens with zero attached hydrogens (tertiary/aromatic N) is 3. The molecule has 0 amide bonds. The van der Waals surface area contributed by atoms with Gasteiger partial charge in [-0.3, -0.25) is 19.8 Å². The summed E-state index contributed by atoms with van der Waals surface area (Å²) in [5.41, 5.74) is 4.41. The number of fused-ring (bicyclic) bond motifs is 1. The second-order valence-corrected chi connectivity index (χ2v) is 7.17. The fraction of sp³-hybridized carbons (Fsp3) is 0.368. The van der Waals surface area contributed by atoms with Gasteiger partial charge in [-0.25, -0.2) is 4.68 Å². The lowest BCUT2D eigenvalue weighted by Crippen LogP contribution is -2.33. The summed E-state index contributed by atoms with van der Waals surface area (Å²) in [6, 6.07) is 3.87. The van der Waals surface area contributed by atoms with Gasteiger partial charge in [0.25, 0.3) is 5.56 Å². The average molecular weight is 357 g/mol. The molecule has 0 unspecified atom stereocenters. The normalized spacial score (nSPS) is 17.8. The first-order valence-electron chi connectivity index (χ1n) is 8.66. The minimum atomic E-state index is 0.103. The molecule has 130 valence electrons. The van der Waals surface area contributed by atoms with Crippen LogP contribution < -0.4 is 5.56 Å². The molecule has 6 heteroatoms. The van der Waals surface area contributed by atoms with Crippen molar-refractivity contribution in [1.82, 2.24) is 19.7 Å². The molecule has 5 nitrogen and oxygen atoms in total. The predicted molar refractivity (Wildman–Crippen MR) is 98.6 cm³/mol. The quantitative estimate of drug-likeness (QED) is 0.916. The lowest BCUT2D eigenvalue weighted by Gasteiger charge is -2.27. The molecule has 0 spiro atoms. The van der Waals surface area contributed by atoms with Crippen LogP contribution in [-0.4, -0.2) is 32.8 Å². The highest BCUT2D eigenvalue weighted by Crippen LogP contribution is 2.22. The number of hydrogen-bond acceptors (Lipinski definition) is 3. The third-order valence-corrected chi connectivity index (χ3v) is 5.12. The van der Waals surface area contributed by atoms with E-state index in [1.807, 2.05) is 12.1 Å². The highest BCUT2D eigenvalue weighted by molar-refractivity contribution is 6.29. The summed E-state index contributed by atoms with van der Waals surface area (Å²) in [5, 5.41) is 4.24. The van der Waals surface area contributed by atoms with Gasteiger partial charge < -0.3 is 0 Å². The Labute approximate surface area is 151 Å². The number of pyridine rings is 1.